The predicted octanol–water partition coefficient (Wildman–Crippen LogP) is 4.44. The highest BCUT2D eigenvalue weighted by molar-refractivity contribution is 6.03. The third-order valence-corrected chi connectivity index (χ3v) is 6.77. The number of aromatic nitrogens is 1. The minimum Gasteiger partial charge on any atom is -0.454 e. The number of amides is 2. The molecule has 3 aromatic rings. The van der Waals surface area contributed by atoms with E-state index < -0.39 is 5.41 Å². The molecule has 1 fully saturated rings. The van der Waals surface area contributed by atoms with Crippen LogP contribution in [0.15, 0.2) is 42.5 Å². The van der Waals surface area contributed by atoms with Gasteiger partial charge in [-0.2, -0.15) is 0 Å². The van der Waals surface area contributed by atoms with Crippen LogP contribution in [0.2, 0.25) is 0 Å². The minimum absolute atomic E-state index is 0. The third kappa shape index (κ3) is 3.98. The van der Waals surface area contributed by atoms with E-state index in [1.807, 2.05) is 57.2 Å². The molecule has 34 heavy (non-hydrogen) atoms. The summed E-state index contributed by atoms with van der Waals surface area (Å²) in [5, 5.41) is 16.4. The summed E-state index contributed by atoms with van der Waals surface area (Å²) in [6.07, 6.45) is 1.55. The average Bonchev–Trinajstić information content (AvgIpc) is 3.29. The van der Waals surface area contributed by atoms with Gasteiger partial charge in [-0.1, -0.05) is 26.8 Å². The molecule has 2 aliphatic rings. The number of carbonyl (C=O) groups is 2. The summed E-state index contributed by atoms with van der Waals surface area (Å²) in [7, 11) is 0. The number of H-pyrrole nitrogens is 1. The average molecular weight is 470 g/mol. The van der Waals surface area contributed by atoms with Crippen LogP contribution in [0.3, 0.4) is 0 Å². The fourth-order valence-electron chi connectivity index (χ4n) is 4.32. The second kappa shape index (κ2) is 8.06. The summed E-state index contributed by atoms with van der Waals surface area (Å²) in [4.78, 5) is 29.1. The second-order valence-corrected chi connectivity index (χ2v) is 10.2. The van der Waals surface area contributed by atoms with Crippen molar-refractivity contribution in [3.8, 4) is 11.5 Å². The highest BCUT2D eigenvalue weighted by Gasteiger charge is 2.51. The molecule has 8 nitrogen and oxygen atoms in total. The molecule has 184 valence electrons. The van der Waals surface area contributed by atoms with E-state index in [4.69, 9.17) is 9.47 Å². The van der Waals surface area contributed by atoms with Crippen LogP contribution in [0.5, 0.6) is 11.5 Å². The standard InChI is InChI=1S/C26H29N3O5.3H2/c1-25(2,3)22(13-30)29-23(31)19-11-15-10-17(5-6-18(15)28-19)27-24(32)26(8-9-26)16-4-7-20-21(12-16)34-14-33-20;;;/h4-7,10-12,22,28,30H,8-9,13-14H2,1-3H3,(H,27,32)(H,29,31);3*1H/t22-;;;/m0.../s1. The molecule has 8 heteroatoms. The first-order valence-corrected chi connectivity index (χ1v) is 11.5. The van der Waals surface area contributed by atoms with Gasteiger partial charge >= 0.3 is 0 Å². The fraction of sp³-hybridized carbons (Fsp3) is 0.385. The molecular formula is C26H35N3O5. The largest absolute Gasteiger partial charge is 0.454 e. The lowest BCUT2D eigenvalue weighted by Gasteiger charge is -2.29. The van der Waals surface area contributed by atoms with Gasteiger partial charge in [0.1, 0.15) is 5.69 Å². The molecule has 1 aliphatic carbocycles. The summed E-state index contributed by atoms with van der Waals surface area (Å²) in [5.74, 6) is 1.03. The number of anilines is 1. The van der Waals surface area contributed by atoms with Gasteiger partial charge in [0.15, 0.2) is 11.5 Å². The molecule has 0 saturated heterocycles. The lowest BCUT2D eigenvalue weighted by Crippen LogP contribution is -2.46. The van der Waals surface area contributed by atoms with Crippen LogP contribution in [0.25, 0.3) is 10.9 Å². The summed E-state index contributed by atoms with van der Waals surface area (Å²) in [6, 6.07) is 12.6. The Labute approximate surface area is 202 Å². The Balaban J connectivity index is 0.00000160. The monoisotopic (exact) mass is 469 g/mol. The van der Waals surface area contributed by atoms with Crippen molar-refractivity contribution in [2.24, 2.45) is 5.41 Å². The van der Waals surface area contributed by atoms with Gasteiger partial charge in [0.05, 0.1) is 18.1 Å². The first-order valence-electron chi connectivity index (χ1n) is 11.5. The Morgan fingerprint density at radius 3 is 2.59 bits per heavy atom. The van der Waals surface area contributed by atoms with Crippen molar-refractivity contribution < 1.29 is 28.4 Å². The summed E-state index contributed by atoms with van der Waals surface area (Å²) >= 11 is 0. The van der Waals surface area contributed by atoms with E-state index in [0.717, 1.165) is 29.3 Å². The fourth-order valence-corrected chi connectivity index (χ4v) is 4.32. The van der Waals surface area contributed by atoms with Crippen molar-refractivity contribution in [1.29, 1.82) is 0 Å². The number of aliphatic hydroxyl groups is 1. The van der Waals surface area contributed by atoms with Gasteiger partial charge in [-0.3, -0.25) is 9.59 Å². The number of aromatic amines is 1. The normalized spacial score (nSPS) is 16.8. The first-order chi connectivity index (χ1) is 16.2. The Morgan fingerprint density at radius 2 is 1.88 bits per heavy atom. The van der Waals surface area contributed by atoms with Crippen LogP contribution in [-0.4, -0.2) is 41.3 Å². The van der Waals surface area contributed by atoms with Gasteiger partial charge in [-0.05, 0) is 60.2 Å². The van der Waals surface area contributed by atoms with Crippen LogP contribution in [0.4, 0.5) is 5.69 Å². The number of carbonyl (C=O) groups excluding carboxylic acids is 2. The molecule has 5 rings (SSSR count). The Hall–Kier alpha value is -3.52. The van der Waals surface area contributed by atoms with Crippen LogP contribution in [0.1, 0.15) is 53.9 Å². The van der Waals surface area contributed by atoms with E-state index >= 15 is 0 Å². The molecule has 0 radical (unpaired) electrons. The molecule has 1 saturated carbocycles. The van der Waals surface area contributed by atoms with Gasteiger partial charge in [-0.15, -0.1) is 0 Å². The predicted molar refractivity (Wildman–Crippen MR) is 135 cm³/mol. The molecule has 0 spiro atoms. The van der Waals surface area contributed by atoms with Crippen molar-refractivity contribution >= 4 is 28.4 Å². The molecule has 0 bridgehead atoms. The van der Waals surface area contributed by atoms with Gasteiger partial charge in [0, 0.05) is 20.9 Å². The first kappa shape index (κ1) is 22.3. The molecule has 4 N–H and O–H groups in total. The lowest BCUT2D eigenvalue weighted by molar-refractivity contribution is -0.118. The summed E-state index contributed by atoms with van der Waals surface area (Å²) in [5.41, 5.74) is 1.94. The number of aliphatic hydroxyl groups excluding tert-OH is 1. The van der Waals surface area contributed by atoms with E-state index in [1.165, 1.54) is 0 Å². The molecule has 2 aromatic carbocycles. The zero-order chi connectivity index (χ0) is 24.1. The molecule has 2 amide bonds. The van der Waals surface area contributed by atoms with Gasteiger partial charge in [0.2, 0.25) is 12.7 Å². The van der Waals surface area contributed by atoms with E-state index in [-0.39, 0.29) is 41.0 Å². The highest BCUT2D eigenvalue weighted by atomic mass is 16.7. The van der Waals surface area contributed by atoms with Crippen molar-refractivity contribution in [3.63, 3.8) is 0 Å². The minimum atomic E-state index is -0.564. The molecule has 0 unspecified atom stereocenters. The number of benzene rings is 2. The van der Waals surface area contributed by atoms with Crippen LogP contribution < -0.4 is 20.1 Å². The van der Waals surface area contributed by atoms with Crippen molar-refractivity contribution in [2.75, 3.05) is 18.7 Å². The molecule has 1 aliphatic heterocycles. The number of hydrogen-bond acceptors (Lipinski definition) is 5. The van der Waals surface area contributed by atoms with Crippen molar-refractivity contribution in [3.05, 3.63) is 53.7 Å². The van der Waals surface area contributed by atoms with Gasteiger partial charge in [-0.25, -0.2) is 0 Å². The van der Waals surface area contributed by atoms with Crippen LogP contribution in [0, 0.1) is 5.41 Å². The second-order valence-electron chi connectivity index (χ2n) is 10.2. The van der Waals surface area contributed by atoms with Crippen LogP contribution in [-0.2, 0) is 10.2 Å². The Kier molecular flexibility index (Phi) is 5.28. The number of nitrogens with one attached hydrogen (secondary N) is 3. The molecule has 1 atom stereocenters. The zero-order valence-corrected chi connectivity index (χ0v) is 19.5. The topological polar surface area (TPSA) is 113 Å². The highest BCUT2D eigenvalue weighted by Crippen LogP contribution is 2.51. The van der Waals surface area contributed by atoms with E-state index in [9.17, 15) is 14.7 Å². The quantitative estimate of drug-likeness (QED) is 0.426. The summed E-state index contributed by atoms with van der Waals surface area (Å²) in [6.45, 7) is 5.95. The Morgan fingerprint density at radius 1 is 1.12 bits per heavy atom. The lowest BCUT2D eigenvalue weighted by atomic mass is 9.87. The number of rotatable bonds is 6. The van der Waals surface area contributed by atoms with Gasteiger partial charge in [0.25, 0.3) is 5.91 Å². The molecule has 2 heterocycles. The van der Waals surface area contributed by atoms with Crippen molar-refractivity contribution in [2.45, 2.75) is 45.1 Å². The molecular weight excluding hydrogens is 434 g/mol. The SMILES string of the molecule is CC(C)(C)[C@H](CO)NC(=O)c1cc2cc(NC(=O)C3(c4ccc5c(c4)OCO5)CC3)ccc2[nH]1.[HH].[HH].[HH]. The Bertz CT molecular complexity index is 1280. The van der Waals surface area contributed by atoms with Crippen molar-refractivity contribution in [1.82, 2.24) is 10.3 Å². The zero-order valence-electron chi connectivity index (χ0n) is 19.5. The van der Waals surface area contributed by atoms with Gasteiger partial charge < -0.3 is 30.2 Å². The third-order valence-electron chi connectivity index (χ3n) is 6.77. The van der Waals surface area contributed by atoms with E-state index in [0.29, 0.717) is 22.9 Å². The maximum Gasteiger partial charge on any atom is 0.268 e. The van der Waals surface area contributed by atoms with Crippen LogP contribution >= 0.6 is 0 Å². The number of ether oxygens (including phenoxy) is 2. The maximum atomic E-state index is 13.2. The van der Waals surface area contributed by atoms with E-state index in [1.54, 1.807) is 6.07 Å². The van der Waals surface area contributed by atoms with E-state index in [2.05, 4.69) is 15.6 Å². The number of hydrogen-bond donors (Lipinski definition) is 4. The number of fused-ring (bicyclic) bond motifs is 2. The maximum absolute atomic E-state index is 13.2. The summed E-state index contributed by atoms with van der Waals surface area (Å²) < 4.78 is 10.9. The molecule has 1 aromatic heterocycles. The smallest absolute Gasteiger partial charge is 0.268 e.